The molecule has 0 N–H and O–H groups in total. The van der Waals surface area contributed by atoms with E-state index in [0.29, 0.717) is 64.1 Å². The van der Waals surface area contributed by atoms with Crippen LogP contribution in [0.15, 0.2) is 48.5 Å². The zero-order valence-corrected chi connectivity index (χ0v) is 24.2. The molecular formula is C27H22Cl3NaO5. The Morgan fingerprint density at radius 2 is 1.83 bits per heavy atom. The van der Waals surface area contributed by atoms with E-state index >= 15 is 0 Å². The van der Waals surface area contributed by atoms with Crippen molar-refractivity contribution in [2.24, 2.45) is 0 Å². The monoisotopic (exact) mass is 554 g/mol. The fraction of sp³-hybridized carbons (Fsp3) is 0.259. The summed E-state index contributed by atoms with van der Waals surface area (Å²) >= 11 is 18.5. The van der Waals surface area contributed by atoms with Crippen LogP contribution in [0.25, 0.3) is 0 Å². The predicted octanol–water partition coefficient (Wildman–Crippen LogP) is 3.57. The van der Waals surface area contributed by atoms with Gasteiger partial charge in [-0.2, -0.15) is 0 Å². The van der Waals surface area contributed by atoms with Gasteiger partial charge in [-0.3, -0.25) is 4.79 Å². The van der Waals surface area contributed by atoms with E-state index in [-0.39, 0.29) is 47.0 Å². The third-order valence-corrected chi connectivity index (χ3v) is 6.86. The van der Waals surface area contributed by atoms with E-state index in [4.69, 9.17) is 44.3 Å². The molecule has 9 heteroatoms. The number of carbonyl (C=O) groups is 2. The van der Waals surface area contributed by atoms with Gasteiger partial charge in [0.2, 0.25) is 0 Å². The number of carboxylic acid groups (broad SMARTS) is 1. The Morgan fingerprint density at radius 1 is 1.06 bits per heavy atom. The van der Waals surface area contributed by atoms with Crippen molar-refractivity contribution in [3.63, 3.8) is 0 Å². The number of hydrogen-bond donors (Lipinski definition) is 0. The number of hydrogen-bond acceptors (Lipinski definition) is 5. The number of carboxylic acids is 1. The number of aryl methyl sites for hydroxylation is 2. The molecule has 36 heavy (non-hydrogen) atoms. The van der Waals surface area contributed by atoms with Crippen molar-refractivity contribution in [3.8, 4) is 17.2 Å². The van der Waals surface area contributed by atoms with Gasteiger partial charge < -0.3 is 19.4 Å². The molecule has 0 aliphatic carbocycles. The Hall–Kier alpha value is -1.73. The quantitative estimate of drug-likeness (QED) is 0.314. The molecule has 5 nitrogen and oxygen atoms in total. The summed E-state index contributed by atoms with van der Waals surface area (Å²) in [5, 5.41) is 12.9. The number of rotatable bonds is 8. The van der Waals surface area contributed by atoms with Gasteiger partial charge in [0.05, 0.1) is 11.6 Å². The molecule has 0 amide bonds. The van der Waals surface area contributed by atoms with Crippen LogP contribution in [0.3, 0.4) is 0 Å². The number of halogens is 3. The maximum absolute atomic E-state index is 12.8. The Labute approximate surface area is 246 Å². The molecule has 1 unspecified atom stereocenters. The first-order valence-corrected chi connectivity index (χ1v) is 12.3. The Balaban J connectivity index is 0.00000361. The van der Waals surface area contributed by atoms with Crippen LogP contribution in [0.2, 0.25) is 15.1 Å². The fourth-order valence-electron chi connectivity index (χ4n) is 4.15. The molecule has 0 fully saturated rings. The summed E-state index contributed by atoms with van der Waals surface area (Å²) in [7, 11) is 0. The summed E-state index contributed by atoms with van der Waals surface area (Å²) in [5.74, 6) is -0.648. The van der Waals surface area contributed by atoms with Crippen molar-refractivity contribution in [2.75, 3.05) is 6.61 Å². The predicted molar refractivity (Wildman–Crippen MR) is 134 cm³/mol. The molecule has 0 radical (unpaired) electrons. The minimum absolute atomic E-state index is 0. The maximum Gasteiger partial charge on any atom is 1.00 e. The van der Waals surface area contributed by atoms with Crippen LogP contribution in [0.4, 0.5) is 0 Å². The fourth-order valence-corrected chi connectivity index (χ4v) is 4.86. The Bertz CT molecular complexity index is 1290. The van der Waals surface area contributed by atoms with Gasteiger partial charge in [0.25, 0.3) is 0 Å². The Kier molecular flexibility index (Phi) is 10.2. The summed E-state index contributed by atoms with van der Waals surface area (Å²) < 4.78 is 11.5. The second-order valence-electron chi connectivity index (χ2n) is 8.42. The van der Waals surface area contributed by atoms with Crippen molar-refractivity contribution in [1.82, 2.24) is 0 Å². The average Bonchev–Trinajstić information content (AvgIpc) is 2.80. The molecule has 1 atom stereocenters. The number of ether oxygens (including phenoxy) is 2. The summed E-state index contributed by atoms with van der Waals surface area (Å²) in [6, 6.07) is 13.7. The number of Topliss-reactive ketones (excluding diaryl/α,β-unsaturated/α-hetero) is 1. The topological polar surface area (TPSA) is 75.7 Å². The van der Waals surface area contributed by atoms with Crippen molar-refractivity contribution in [3.05, 3.63) is 85.9 Å². The second kappa shape index (κ2) is 12.7. The normalized spacial score (nSPS) is 14.3. The largest absolute Gasteiger partial charge is 1.00 e. The molecule has 1 heterocycles. The molecule has 0 bridgehead atoms. The van der Waals surface area contributed by atoms with Crippen LogP contribution in [0.5, 0.6) is 17.2 Å². The molecule has 182 valence electrons. The zero-order chi connectivity index (χ0) is 25.1. The molecule has 0 aromatic heterocycles. The van der Waals surface area contributed by atoms with E-state index in [1.165, 1.54) is 0 Å². The smallest absolute Gasteiger partial charge is 0.549 e. The first-order valence-electron chi connectivity index (χ1n) is 11.2. The number of ketones is 1. The van der Waals surface area contributed by atoms with Gasteiger partial charge in [-0.15, -0.1) is 0 Å². The van der Waals surface area contributed by atoms with E-state index in [1.54, 1.807) is 42.5 Å². The van der Waals surface area contributed by atoms with E-state index < -0.39 is 11.9 Å². The van der Waals surface area contributed by atoms with Crippen LogP contribution in [0, 0.1) is 6.92 Å². The molecule has 3 aromatic carbocycles. The third kappa shape index (κ3) is 6.77. The van der Waals surface area contributed by atoms with Crippen LogP contribution in [-0.4, -0.2) is 18.4 Å². The van der Waals surface area contributed by atoms with Gasteiger partial charge >= 0.3 is 29.6 Å². The summed E-state index contributed by atoms with van der Waals surface area (Å²) in [6.45, 7) is 2.12. The maximum atomic E-state index is 12.8. The first-order chi connectivity index (χ1) is 16.7. The van der Waals surface area contributed by atoms with E-state index in [1.807, 2.05) is 13.0 Å². The van der Waals surface area contributed by atoms with E-state index in [2.05, 4.69) is 0 Å². The van der Waals surface area contributed by atoms with Crippen molar-refractivity contribution in [1.29, 1.82) is 0 Å². The van der Waals surface area contributed by atoms with Gasteiger partial charge in [-0.25, -0.2) is 0 Å². The number of fused-ring (bicyclic) bond motifs is 1. The second-order valence-corrected chi connectivity index (χ2v) is 9.67. The minimum atomic E-state index is -1.16. The number of carbonyl (C=O) groups excluding carboxylic acids is 2. The SMILES string of the molecule is Cc1cc(Oc2cc3c(cc2Cl)C(C(=O)[O-])CCO3)ccc1C(=O)CCCc1ccc(Cl)cc1Cl.[Na+]. The van der Waals surface area contributed by atoms with Crippen LogP contribution in [0.1, 0.15) is 52.2 Å². The molecular weight excluding hydrogens is 534 g/mol. The van der Waals surface area contributed by atoms with Crippen LogP contribution in [-0.2, 0) is 11.2 Å². The Morgan fingerprint density at radius 3 is 2.53 bits per heavy atom. The van der Waals surface area contributed by atoms with E-state index in [9.17, 15) is 14.7 Å². The third-order valence-electron chi connectivity index (χ3n) is 5.98. The molecule has 0 saturated carbocycles. The van der Waals surface area contributed by atoms with Gasteiger partial charge in [0, 0.05) is 45.5 Å². The van der Waals surface area contributed by atoms with Crippen LogP contribution < -0.4 is 44.1 Å². The molecule has 3 aromatic rings. The molecule has 4 rings (SSSR count). The van der Waals surface area contributed by atoms with Crippen LogP contribution >= 0.6 is 34.8 Å². The van der Waals surface area contributed by atoms with Gasteiger partial charge in [-0.1, -0.05) is 40.9 Å². The van der Waals surface area contributed by atoms with Crippen molar-refractivity contribution >= 4 is 46.6 Å². The van der Waals surface area contributed by atoms with E-state index in [0.717, 1.165) is 11.1 Å². The number of benzene rings is 3. The molecule has 1 aliphatic rings. The molecule has 1 aliphatic heterocycles. The average molecular weight is 556 g/mol. The summed E-state index contributed by atoms with van der Waals surface area (Å²) in [6.07, 6.45) is 2.05. The standard InChI is InChI=1S/C27H23Cl3O5.Na/c1-15-11-18(35-26-14-25-21(13-23(26)30)20(27(32)33)9-10-34-25)7-8-19(15)24(31)4-2-3-16-5-6-17(28)12-22(16)29;/h5-8,11-14,20H,2-4,9-10H2,1H3,(H,32,33);/q;+1/p-1. The van der Waals surface area contributed by atoms with Crippen molar-refractivity contribution in [2.45, 2.75) is 38.5 Å². The summed E-state index contributed by atoms with van der Waals surface area (Å²) in [4.78, 5) is 24.2. The molecule has 0 spiro atoms. The van der Waals surface area contributed by atoms with Gasteiger partial charge in [0.1, 0.15) is 17.2 Å². The number of aliphatic carboxylic acids is 1. The first kappa shape index (κ1) is 28.8. The summed E-state index contributed by atoms with van der Waals surface area (Å²) in [5.41, 5.74) is 2.84. The zero-order valence-electron chi connectivity index (χ0n) is 19.9. The minimum Gasteiger partial charge on any atom is -0.549 e. The van der Waals surface area contributed by atoms with Crippen molar-refractivity contribution < 1.29 is 53.7 Å². The molecule has 0 saturated heterocycles. The van der Waals surface area contributed by atoms with Gasteiger partial charge in [0.15, 0.2) is 5.78 Å². The van der Waals surface area contributed by atoms with Gasteiger partial charge in [-0.05, 0) is 73.7 Å².